The zero-order valence-electron chi connectivity index (χ0n) is 17.6. The molecule has 7 nitrogen and oxygen atoms in total. The average molecular weight is 438 g/mol. The highest BCUT2D eigenvalue weighted by molar-refractivity contribution is 7.80. The topological polar surface area (TPSA) is 88.4 Å². The molecule has 2 heterocycles. The third kappa shape index (κ3) is 4.86. The fraction of sp³-hybridized carbons (Fsp3) is 0.348. The molecule has 3 N–H and O–H groups in total. The van der Waals surface area contributed by atoms with Gasteiger partial charge in [-0.25, -0.2) is 0 Å². The van der Waals surface area contributed by atoms with Gasteiger partial charge in [0.15, 0.2) is 5.69 Å². The van der Waals surface area contributed by atoms with Gasteiger partial charge in [-0.05, 0) is 61.2 Å². The summed E-state index contributed by atoms with van der Waals surface area (Å²) >= 11 is 4.80. The molecule has 1 aliphatic heterocycles. The summed E-state index contributed by atoms with van der Waals surface area (Å²) in [5.74, 6) is 1.42. The molecule has 31 heavy (non-hydrogen) atoms. The molecule has 0 spiro atoms. The Hall–Kier alpha value is -2.97. The van der Waals surface area contributed by atoms with Crippen molar-refractivity contribution >= 4 is 33.9 Å². The van der Waals surface area contributed by atoms with Crippen LogP contribution in [0.3, 0.4) is 0 Å². The van der Waals surface area contributed by atoms with E-state index >= 15 is 0 Å². The molecule has 1 fully saturated rings. The van der Waals surface area contributed by atoms with Gasteiger partial charge < -0.3 is 15.6 Å². The Bertz CT molecular complexity index is 1090. The second kappa shape index (κ2) is 9.45. The molecule has 0 unspecified atom stereocenters. The third-order valence-electron chi connectivity index (χ3n) is 5.88. The Kier molecular flexibility index (Phi) is 6.48. The molecule has 0 aliphatic carbocycles. The van der Waals surface area contributed by atoms with E-state index in [0.29, 0.717) is 24.0 Å². The molecule has 0 atom stereocenters. The zero-order chi connectivity index (χ0) is 21.8. The molecular weight excluding hydrogens is 410 g/mol. The van der Waals surface area contributed by atoms with Crippen LogP contribution in [-0.4, -0.2) is 39.9 Å². The van der Waals surface area contributed by atoms with E-state index in [1.165, 1.54) is 5.56 Å². The molecular formula is C23H27N5O2S. The van der Waals surface area contributed by atoms with Gasteiger partial charge in [0.2, 0.25) is 11.0 Å². The number of likely N-dealkylation sites (tertiary alicyclic amines) is 1. The van der Waals surface area contributed by atoms with Crippen LogP contribution in [0.1, 0.15) is 18.4 Å². The van der Waals surface area contributed by atoms with Crippen LogP contribution in [0.4, 0.5) is 5.69 Å². The molecule has 4 rings (SSSR count). The SMILES string of the molecule is COc1ccc2c(c1)c(N=NC(N)=S)c(O)n2CN1CCC(Cc2ccccc2)CC1. The van der Waals surface area contributed by atoms with Crippen LogP contribution in [0.25, 0.3) is 10.9 Å². The first-order valence-corrected chi connectivity index (χ1v) is 10.8. The summed E-state index contributed by atoms with van der Waals surface area (Å²) in [6, 6.07) is 16.3. The van der Waals surface area contributed by atoms with E-state index < -0.39 is 0 Å². The molecule has 1 saturated heterocycles. The van der Waals surface area contributed by atoms with E-state index in [9.17, 15) is 5.11 Å². The van der Waals surface area contributed by atoms with Gasteiger partial charge in [-0.2, -0.15) is 0 Å². The van der Waals surface area contributed by atoms with Crippen molar-refractivity contribution in [3.05, 3.63) is 54.1 Å². The van der Waals surface area contributed by atoms with E-state index in [1.54, 1.807) is 7.11 Å². The summed E-state index contributed by atoms with van der Waals surface area (Å²) in [5.41, 5.74) is 8.07. The number of rotatable bonds is 6. The Morgan fingerprint density at radius 2 is 1.94 bits per heavy atom. The first-order chi connectivity index (χ1) is 15.0. The van der Waals surface area contributed by atoms with Gasteiger partial charge in [0.25, 0.3) is 0 Å². The quantitative estimate of drug-likeness (QED) is 0.435. The number of aromatic nitrogens is 1. The predicted molar refractivity (Wildman–Crippen MR) is 126 cm³/mol. The van der Waals surface area contributed by atoms with E-state index in [0.717, 1.165) is 43.3 Å². The molecule has 0 bridgehead atoms. The second-order valence-corrected chi connectivity index (χ2v) is 8.33. The van der Waals surface area contributed by atoms with Crippen LogP contribution in [0.15, 0.2) is 58.8 Å². The lowest BCUT2D eigenvalue weighted by molar-refractivity contribution is 0.145. The fourth-order valence-corrected chi connectivity index (χ4v) is 4.29. The van der Waals surface area contributed by atoms with Crippen molar-refractivity contribution in [1.29, 1.82) is 0 Å². The summed E-state index contributed by atoms with van der Waals surface area (Å²) in [7, 11) is 1.60. The number of nitrogens with zero attached hydrogens (tertiary/aromatic N) is 4. The van der Waals surface area contributed by atoms with Gasteiger partial charge in [0.1, 0.15) is 5.75 Å². The number of piperidine rings is 1. The monoisotopic (exact) mass is 437 g/mol. The maximum absolute atomic E-state index is 10.9. The van der Waals surface area contributed by atoms with Crippen LogP contribution < -0.4 is 10.5 Å². The van der Waals surface area contributed by atoms with Gasteiger partial charge in [0, 0.05) is 18.5 Å². The van der Waals surface area contributed by atoms with Crippen LogP contribution in [-0.2, 0) is 13.1 Å². The normalized spacial score (nSPS) is 15.6. The number of aromatic hydroxyl groups is 1. The van der Waals surface area contributed by atoms with E-state index in [1.807, 2.05) is 22.8 Å². The van der Waals surface area contributed by atoms with Crippen LogP contribution in [0, 0.1) is 5.92 Å². The first-order valence-electron chi connectivity index (χ1n) is 10.4. The van der Waals surface area contributed by atoms with Gasteiger partial charge in [-0.1, -0.05) is 30.3 Å². The van der Waals surface area contributed by atoms with Gasteiger partial charge in [0.05, 0.1) is 19.3 Å². The van der Waals surface area contributed by atoms with Crippen LogP contribution in [0.2, 0.25) is 0 Å². The predicted octanol–water partition coefficient (Wildman–Crippen LogP) is 4.60. The van der Waals surface area contributed by atoms with Crippen molar-refractivity contribution in [2.75, 3.05) is 20.2 Å². The average Bonchev–Trinajstić information content (AvgIpc) is 3.04. The molecule has 0 radical (unpaired) electrons. The Labute approximate surface area is 187 Å². The number of benzene rings is 2. The zero-order valence-corrected chi connectivity index (χ0v) is 18.4. The number of hydrogen-bond donors (Lipinski definition) is 2. The minimum absolute atomic E-state index is 0.0506. The lowest BCUT2D eigenvalue weighted by atomic mass is 9.90. The number of fused-ring (bicyclic) bond motifs is 1. The lowest BCUT2D eigenvalue weighted by Crippen LogP contribution is -2.35. The number of azo groups is 1. The maximum atomic E-state index is 10.9. The minimum Gasteiger partial charge on any atom is -0.497 e. The number of thiocarbonyl (C=S) groups is 1. The molecule has 0 amide bonds. The first kappa shape index (κ1) is 21.3. The molecule has 162 valence electrons. The lowest BCUT2D eigenvalue weighted by Gasteiger charge is -2.32. The van der Waals surface area contributed by atoms with Crippen LogP contribution >= 0.6 is 12.2 Å². The van der Waals surface area contributed by atoms with Crippen LogP contribution in [0.5, 0.6) is 11.6 Å². The van der Waals surface area contributed by atoms with Gasteiger partial charge in [-0.3, -0.25) is 9.47 Å². The standard InChI is InChI=1S/C23H27N5O2S/c1-30-18-7-8-20-19(14-18)21(25-26-23(24)31)22(29)28(20)15-27-11-9-17(10-12-27)13-16-5-3-2-4-6-16/h2-8,14,17,29H,9-13,15H2,1H3,(H2,24,31). The summed E-state index contributed by atoms with van der Waals surface area (Å²) in [6.07, 6.45) is 3.39. The number of hydrogen-bond acceptors (Lipinski definition) is 5. The summed E-state index contributed by atoms with van der Waals surface area (Å²) in [4.78, 5) is 2.36. The summed E-state index contributed by atoms with van der Waals surface area (Å²) < 4.78 is 7.20. The van der Waals surface area contributed by atoms with Crippen molar-refractivity contribution in [2.45, 2.75) is 25.9 Å². The van der Waals surface area contributed by atoms with Crippen molar-refractivity contribution in [1.82, 2.24) is 9.47 Å². The summed E-state index contributed by atoms with van der Waals surface area (Å²) in [6.45, 7) is 2.54. The van der Waals surface area contributed by atoms with E-state index in [2.05, 4.69) is 45.5 Å². The highest BCUT2D eigenvalue weighted by Gasteiger charge is 2.23. The fourth-order valence-electron chi connectivity index (χ4n) is 4.25. The highest BCUT2D eigenvalue weighted by Crippen LogP contribution is 2.41. The van der Waals surface area contributed by atoms with Gasteiger partial charge >= 0.3 is 0 Å². The largest absolute Gasteiger partial charge is 0.497 e. The highest BCUT2D eigenvalue weighted by atomic mass is 32.1. The Morgan fingerprint density at radius 1 is 1.19 bits per heavy atom. The summed E-state index contributed by atoms with van der Waals surface area (Å²) in [5, 5.41) is 19.5. The molecule has 8 heteroatoms. The number of ether oxygens (including phenoxy) is 1. The molecule has 0 saturated carbocycles. The van der Waals surface area contributed by atoms with E-state index in [4.69, 9.17) is 22.7 Å². The molecule has 1 aromatic heterocycles. The Morgan fingerprint density at radius 3 is 2.61 bits per heavy atom. The second-order valence-electron chi connectivity index (χ2n) is 7.91. The van der Waals surface area contributed by atoms with Gasteiger partial charge in [-0.15, -0.1) is 10.2 Å². The number of nitrogens with two attached hydrogens (primary N) is 1. The van der Waals surface area contributed by atoms with Crippen molar-refractivity contribution < 1.29 is 9.84 Å². The third-order valence-corrected chi connectivity index (χ3v) is 5.96. The molecule has 2 aromatic carbocycles. The molecule has 1 aliphatic rings. The van der Waals surface area contributed by atoms with Crippen molar-refractivity contribution in [3.63, 3.8) is 0 Å². The minimum atomic E-state index is -0.0799. The van der Waals surface area contributed by atoms with Crippen molar-refractivity contribution in [3.8, 4) is 11.6 Å². The number of methoxy groups -OCH3 is 1. The Balaban J connectivity index is 1.52. The van der Waals surface area contributed by atoms with E-state index in [-0.39, 0.29) is 11.0 Å². The molecule has 3 aromatic rings. The smallest absolute Gasteiger partial charge is 0.221 e. The van der Waals surface area contributed by atoms with Crippen molar-refractivity contribution in [2.24, 2.45) is 21.9 Å². The maximum Gasteiger partial charge on any atom is 0.221 e.